The number of amides is 1. The lowest BCUT2D eigenvalue weighted by molar-refractivity contribution is -0.118. The number of aryl methyl sites for hydroxylation is 1. The predicted molar refractivity (Wildman–Crippen MR) is 112 cm³/mol. The summed E-state index contributed by atoms with van der Waals surface area (Å²) in [6.07, 6.45) is 2.43. The number of fused-ring (bicyclic) bond motifs is 1. The van der Waals surface area contributed by atoms with Crippen molar-refractivity contribution >= 4 is 32.6 Å². The molecule has 2 aromatic carbocycles. The molecule has 0 bridgehead atoms. The molecule has 4 rings (SSSR count). The zero-order chi connectivity index (χ0) is 19.5. The first-order chi connectivity index (χ1) is 13.6. The van der Waals surface area contributed by atoms with E-state index in [-0.39, 0.29) is 12.0 Å². The number of ether oxygens (including phenoxy) is 2. The summed E-state index contributed by atoms with van der Waals surface area (Å²) in [5.74, 6) is 0.825. The second kappa shape index (κ2) is 8.29. The van der Waals surface area contributed by atoms with Crippen LogP contribution in [0.1, 0.15) is 24.0 Å². The van der Waals surface area contributed by atoms with Crippen molar-refractivity contribution in [2.75, 3.05) is 25.2 Å². The number of methoxy groups -OCH3 is 1. The van der Waals surface area contributed by atoms with Crippen LogP contribution in [0.15, 0.2) is 42.5 Å². The maximum absolute atomic E-state index is 13.2. The highest BCUT2D eigenvalue weighted by Gasteiger charge is 2.26. The molecule has 1 saturated heterocycles. The van der Waals surface area contributed by atoms with Gasteiger partial charge >= 0.3 is 0 Å². The lowest BCUT2D eigenvalue weighted by atomic mass is 10.1. The molecule has 1 aliphatic heterocycles. The van der Waals surface area contributed by atoms with Crippen molar-refractivity contribution in [3.8, 4) is 5.75 Å². The molecule has 1 aliphatic rings. The van der Waals surface area contributed by atoms with Crippen LogP contribution in [0.3, 0.4) is 0 Å². The molecule has 2 heterocycles. The quantitative estimate of drug-likeness (QED) is 0.621. The van der Waals surface area contributed by atoms with E-state index in [1.165, 1.54) is 0 Å². The van der Waals surface area contributed by atoms with E-state index in [2.05, 4.69) is 19.1 Å². The Hall–Kier alpha value is -2.44. The lowest BCUT2D eigenvalue weighted by Gasteiger charge is -2.23. The van der Waals surface area contributed by atoms with Crippen molar-refractivity contribution in [3.63, 3.8) is 0 Å². The van der Waals surface area contributed by atoms with E-state index in [0.717, 1.165) is 51.7 Å². The number of anilines is 1. The molecule has 0 N–H and O–H groups in total. The second-order valence-electron chi connectivity index (χ2n) is 7.08. The minimum absolute atomic E-state index is 0.0392. The number of carbonyl (C=O) groups is 1. The molecule has 1 amide bonds. The van der Waals surface area contributed by atoms with E-state index in [0.29, 0.717) is 13.0 Å². The smallest absolute Gasteiger partial charge is 0.233 e. The maximum atomic E-state index is 13.2. The average molecular weight is 397 g/mol. The summed E-state index contributed by atoms with van der Waals surface area (Å²) in [6.45, 7) is 3.37. The Balaban J connectivity index is 1.61. The van der Waals surface area contributed by atoms with Crippen molar-refractivity contribution in [1.29, 1.82) is 0 Å². The van der Waals surface area contributed by atoms with Crippen molar-refractivity contribution in [2.45, 2.75) is 32.3 Å². The van der Waals surface area contributed by atoms with Crippen LogP contribution in [0.25, 0.3) is 10.2 Å². The zero-order valence-corrected chi connectivity index (χ0v) is 17.0. The summed E-state index contributed by atoms with van der Waals surface area (Å²) in [5, 5.41) is 0.748. The zero-order valence-electron chi connectivity index (χ0n) is 16.2. The fraction of sp³-hybridized carbons (Fsp3) is 0.364. The third kappa shape index (κ3) is 4.03. The van der Waals surface area contributed by atoms with Gasteiger partial charge in [-0.05, 0) is 49.1 Å². The summed E-state index contributed by atoms with van der Waals surface area (Å²) in [7, 11) is 1.64. The fourth-order valence-electron chi connectivity index (χ4n) is 3.48. The van der Waals surface area contributed by atoms with E-state index in [9.17, 15) is 4.79 Å². The van der Waals surface area contributed by atoms with Gasteiger partial charge in [0.05, 0.1) is 36.4 Å². The van der Waals surface area contributed by atoms with Crippen molar-refractivity contribution in [1.82, 2.24) is 4.98 Å². The molecule has 5 nitrogen and oxygen atoms in total. The Morgan fingerprint density at radius 2 is 2.11 bits per heavy atom. The highest BCUT2D eigenvalue weighted by Crippen LogP contribution is 2.32. The Kier molecular flexibility index (Phi) is 5.59. The standard InChI is InChI=1S/C22H24N2O3S/c1-15-5-3-7-19-21(15)23-22(28-19)24(14-18-6-4-12-27-18)20(25)13-16-8-10-17(26-2)11-9-16/h3,5,7-11,18H,4,6,12-14H2,1-2H3/t18-/m1/s1. The SMILES string of the molecule is COc1ccc(CC(=O)N(C[C@H]2CCCO2)c2nc3c(C)cccc3s2)cc1. The van der Waals surface area contributed by atoms with Gasteiger partial charge in [0.2, 0.25) is 5.91 Å². The predicted octanol–water partition coefficient (Wildman–Crippen LogP) is 4.37. The van der Waals surface area contributed by atoms with Gasteiger partial charge in [0.25, 0.3) is 0 Å². The molecule has 28 heavy (non-hydrogen) atoms. The third-order valence-electron chi connectivity index (χ3n) is 5.07. The minimum atomic E-state index is 0.0392. The summed E-state index contributed by atoms with van der Waals surface area (Å²) < 4.78 is 12.1. The molecule has 0 saturated carbocycles. The molecule has 1 fully saturated rings. The molecule has 1 atom stereocenters. The van der Waals surface area contributed by atoms with Gasteiger partial charge in [0, 0.05) is 6.61 Å². The monoisotopic (exact) mass is 396 g/mol. The van der Waals surface area contributed by atoms with Gasteiger partial charge in [-0.25, -0.2) is 4.98 Å². The summed E-state index contributed by atoms with van der Waals surface area (Å²) in [6, 6.07) is 13.8. The Bertz CT molecular complexity index is 962. The normalized spacial score (nSPS) is 16.4. The first-order valence-corrected chi connectivity index (χ1v) is 10.4. The summed E-state index contributed by atoms with van der Waals surface area (Å²) in [5.41, 5.74) is 3.05. The number of aromatic nitrogens is 1. The van der Waals surface area contributed by atoms with Crippen molar-refractivity contribution in [3.05, 3.63) is 53.6 Å². The van der Waals surface area contributed by atoms with Crippen molar-refractivity contribution in [2.24, 2.45) is 0 Å². The molecule has 0 aliphatic carbocycles. The van der Waals surface area contributed by atoms with Gasteiger partial charge in [-0.1, -0.05) is 35.6 Å². The Morgan fingerprint density at radius 1 is 1.29 bits per heavy atom. The van der Waals surface area contributed by atoms with Gasteiger partial charge in [0.15, 0.2) is 5.13 Å². The molecule has 146 valence electrons. The average Bonchev–Trinajstić information content (AvgIpc) is 3.37. The largest absolute Gasteiger partial charge is 0.497 e. The fourth-order valence-corrected chi connectivity index (χ4v) is 4.55. The number of carbonyl (C=O) groups excluding carboxylic acids is 1. The Morgan fingerprint density at radius 3 is 2.79 bits per heavy atom. The number of rotatable bonds is 6. The van der Waals surface area contributed by atoms with Crippen molar-refractivity contribution < 1.29 is 14.3 Å². The van der Waals surface area contributed by atoms with E-state index in [1.807, 2.05) is 35.2 Å². The van der Waals surface area contributed by atoms with Crippen LogP contribution in [0.2, 0.25) is 0 Å². The number of hydrogen-bond donors (Lipinski definition) is 0. The van der Waals surface area contributed by atoms with Gasteiger partial charge in [-0.3, -0.25) is 9.69 Å². The van der Waals surface area contributed by atoms with Crippen LogP contribution >= 0.6 is 11.3 Å². The van der Waals surface area contributed by atoms with Gasteiger partial charge in [0.1, 0.15) is 5.75 Å². The first-order valence-electron chi connectivity index (χ1n) is 9.55. The summed E-state index contributed by atoms with van der Waals surface area (Å²) >= 11 is 1.57. The van der Waals surface area contributed by atoms with E-state index in [4.69, 9.17) is 14.5 Å². The van der Waals surface area contributed by atoms with Gasteiger partial charge in [-0.15, -0.1) is 0 Å². The highest BCUT2D eigenvalue weighted by molar-refractivity contribution is 7.22. The van der Waals surface area contributed by atoms with Gasteiger partial charge < -0.3 is 9.47 Å². The minimum Gasteiger partial charge on any atom is -0.497 e. The molecule has 0 spiro atoms. The highest BCUT2D eigenvalue weighted by atomic mass is 32.1. The number of nitrogens with zero attached hydrogens (tertiary/aromatic N) is 2. The number of hydrogen-bond acceptors (Lipinski definition) is 5. The van der Waals surface area contributed by atoms with E-state index >= 15 is 0 Å². The molecule has 6 heteroatoms. The van der Waals surface area contributed by atoms with Crippen LogP contribution in [-0.4, -0.2) is 37.3 Å². The second-order valence-corrected chi connectivity index (χ2v) is 8.09. The molecule has 1 aromatic heterocycles. The molecular formula is C22H24N2O3S. The van der Waals surface area contributed by atoms with Crippen LogP contribution in [0.5, 0.6) is 5.75 Å². The molecular weight excluding hydrogens is 372 g/mol. The number of benzene rings is 2. The van der Waals surface area contributed by atoms with Gasteiger partial charge in [-0.2, -0.15) is 0 Å². The van der Waals surface area contributed by atoms with Crippen LogP contribution in [-0.2, 0) is 16.0 Å². The first kappa shape index (κ1) is 18.9. The Labute approximate surface area is 168 Å². The van der Waals surface area contributed by atoms with E-state index in [1.54, 1.807) is 18.4 Å². The lowest BCUT2D eigenvalue weighted by Crippen LogP contribution is -2.38. The molecule has 0 unspecified atom stereocenters. The maximum Gasteiger partial charge on any atom is 0.233 e. The van der Waals surface area contributed by atoms with E-state index < -0.39 is 0 Å². The topological polar surface area (TPSA) is 51.7 Å². The number of para-hydroxylation sites is 1. The number of thiazole rings is 1. The molecule has 0 radical (unpaired) electrons. The van der Waals surface area contributed by atoms with Crippen LogP contribution in [0.4, 0.5) is 5.13 Å². The van der Waals surface area contributed by atoms with Crippen LogP contribution < -0.4 is 9.64 Å². The molecule has 3 aromatic rings. The van der Waals surface area contributed by atoms with Crippen LogP contribution in [0, 0.1) is 6.92 Å². The third-order valence-corrected chi connectivity index (χ3v) is 6.11. The summed E-state index contributed by atoms with van der Waals surface area (Å²) in [4.78, 5) is 19.8.